The number of carbonyl (C=O) groups excluding carboxylic acids is 2. The van der Waals surface area contributed by atoms with E-state index in [1.807, 2.05) is 0 Å². The summed E-state index contributed by atoms with van der Waals surface area (Å²) < 4.78 is 5.03. The van der Waals surface area contributed by atoms with Crippen molar-refractivity contribution >= 4 is 34.8 Å². The molecular weight excluding hydrogens is 192 g/mol. The predicted molar refractivity (Wildman–Crippen MR) is 53.9 cm³/mol. The Morgan fingerprint density at radius 3 is 2.14 bits per heavy atom. The molecule has 0 atom stereocenters. The van der Waals surface area contributed by atoms with Crippen molar-refractivity contribution < 1.29 is 14.3 Å². The fourth-order valence-corrected chi connectivity index (χ4v) is 1.07. The average molecular weight is 209 g/mol. The Hall–Kier alpha value is -0.0938. The van der Waals surface area contributed by atoms with Crippen LogP contribution in [-0.4, -0.2) is 40.4 Å². The van der Waals surface area contributed by atoms with Gasteiger partial charge in [0.2, 0.25) is 0 Å². The van der Waals surface area contributed by atoms with Gasteiger partial charge in [-0.1, -0.05) is 0 Å². The van der Waals surface area contributed by atoms with Crippen molar-refractivity contribution in [2.24, 2.45) is 5.92 Å². The third-order valence-corrected chi connectivity index (χ3v) is 1.77. The number of Topliss-reactive ketones (excluding diaryl/α,β-unsaturated/α-hetero) is 1. The van der Waals surface area contributed by atoms with E-state index in [0.29, 0.717) is 0 Å². The van der Waals surface area contributed by atoms with Crippen molar-refractivity contribution in [3.63, 3.8) is 0 Å². The maximum Gasteiger partial charge on any atom is 0.313 e. The molecule has 1 fully saturated rings. The van der Waals surface area contributed by atoms with Crippen molar-refractivity contribution in [2.75, 3.05) is 0 Å². The molecule has 76 valence electrons. The SMILES string of the molecule is CC(C)(C)OC(=O)CC(=O)C1CC1.[Mg]. The van der Waals surface area contributed by atoms with Gasteiger partial charge in [0.05, 0.1) is 0 Å². The van der Waals surface area contributed by atoms with Gasteiger partial charge in [-0.05, 0) is 33.6 Å². The van der Waals surface area contributed by atoms with E-state index >= 15 is 0 Å². The van der Waals surface area contributed by atoms with Crippen LogP contribution in [0.4, 0.5) is 0 Å². The topological polar surface area (TPSA) is 43.4 Å². The smallest absolute Gasteiger partial charge is 0.313 e. The lowest BCUT2D eigenvalue weighted by atomic mass is 10.1. The third-order valence-electron chi connectivity index (χ3n) is 1.77. The van der Waals surface area contributed by atoms with Crippen molar-refractivity contribution in [1.82, 2.24) is 0 Å². The molecule has 1 saturated carbocycles. The van der Waals surface area contributed by atoms with Gasteiger partial charge in [0.15, 0.2) is 0 Å². The molecule has 3 nitrogen and oxygen atoms in total. The number of hydrogen-bond acceptors (Lipinski definition) is 3. The molecule has 0 spiro atoms. The predicted octanol–water partition coefficient (Wildman–Crippen LogP) is 1.32. The van der Waals surface area contributed by atoms with Gasteiger partial charge in [-0.25, -0.2) is 0 Å². The van der Waals surface area contributed by atoms with Crippen LogP contribution in [-0.2, 0) is 14.3 Å². The summed E-state index contributed by atoms with van der Waals surface area (Å²) in [6.07, 6.45) is 1.84. The van der Waals surface area contributed by atoms with Gasteiger partial charge in [-0.15, -0.1) is 0 Å². The van der Waals surface area contributed by atoms with Crippen LogP contribution < -0.4 is 0 Å². The van der Waals surface area contributed by atoms with Crippen LogP contribution in [0.1, 0.15) is 40.0 Å². The van der Waals surface area contributed by atoms with E-state index in [9.17, 15) is 9.59 Å². The van der Waals surface area contributed by atoms with Gasteiger partial charge < -0.3 is 4.74 Å². The van der Waals surface area contributed by atoms with Crippen LogP contribution in [0.2, 0.25) is 0 Å². The summed E-state index contributed by atoms with van der Waals surface area (Å²) >= 11 is 0. The zero-order valence-corrected chi connectivity index (χ0v) is 10.5. The first-order valence-electron chi connectivity index (χ1n) is 4.63. The van der Waals surface area contributed by atoms with E-state index in [1.165, 1.54) is 0 Å². The van der Waals surface area contributed by atoms with E-state index in [1.54, 1.807) is 20.8 Å². The van der Waals surface area contributed by atoms with Crippen LogP contribution in [0.3, 0.4) is 0 Å². The second-order valence-electron chi connectivity index (χ2n) is 4.50. The molecule has 4 heteroatoms. The molecule has 0 aromatic carbocycles. The van der Waals surface area contributed by atoms with Gasteiger partial charge in [-0.2, -0.15) is 0 Å². The largest absolute Gasteiger partial charge is 0.460 e. The van der Waals surface area contributed by atoms with Crippen molar-refractivity contribution in [1.29, 1.82) is 0 Å². The van der Waals surface area contributed by atoms with E-state index in [2.05, 4.69) is 0 Å². The minimum atomic E-state index is -0.485. The van der Waals surface area contributed by atoms with Crippen molar-refractivity contribution in [3.05, 3.63) is 0 Å². The van der Waals surface area contributed by atoms with Gasteiger partial charge in [0, 0.05) is 29.0 Å². The molecule has 0 N–H and O–H groups in total. The minimum absolute atomic E-state index is 0. The molecular formula is C10H16MgO3. The molecule has 0 saturated heterocycles. The van der Waals surface area contributed by atoms with Gasteiger partial charge in [-0.3, -0.25) is 9.59 Å². The van der Waals surface area contributed by atoms with E-state index in [-0.39, 0.29) is 41.2 Å². The maximum atomic E-state index is 11.2. The lowest BCUT2D eigenvalue weighted by molar-refractivity contribution is -0.156. The molecule has 2 radical (unpaired) electrons. The fourth-order valence-electron chi connectivity index (χ4n) is 1.07. The fraction of sp³-hybridized carbons (Fsp3) is 0.800. The Morgan fingerprint density at radius 2 is 1.79 bits per heavy atom. The van der Waals surface area contributed by atoms with Crippen molar-refractivity contribution in [2.45, 2.75) is 45.6 Å². The standard InChI is InChI=1S/C10H16O3.Mg/c1-10(2,3)13-9(12)6-8(11)7-4-5-7;/h7H,4-6H2,1-3H3;. The molecule has 0 amide bonds. The summed E-state index contributed by atoms with van der Waals surface area (Å²) in [6.45, 7) is 5.39. The number of hydrogen-bond donors (Lipinski definition) is 0. The summed E-state index contributed by atoms with van der Waals surface area (Å²) in [5.41, 5.74) is -0.485. The first-order chi connectivity index (χ1) is 5.88. The summed E-state index contributed by atoms with van der Waals surface area (Å²) in [4.78, 5) is 22.4. The molecule has 0 aliphatic heterocycles. The van der Waals surface area contributed by atoms with E-state index < -0.39 is 11.6 Å². The monoisotopic (exact) mass is 208 g/mol. The molecule has 0 aromatic rings. The minimum Gasteiger partial charge on any atom is -0.460 e. The van der Waals surface area contributed by atoms with Crippen LogP contribution in [0.15, 0.2) is 0 Å². The number of rotatable bonds is 3. The Morgan fingerprint density at radius 1 is 1.29 bits per heavy atom. The maximum absolute atomic E-state index is 11.2. The van der Waals surface area contributed by atoms with Gasteiger partial charge in [0.1, 0.15) is 17.8 Å². The molecule has 1 rings (SSSR count). The molecule has 1 aliphatic carbocycles. The second kappa shape index (κ2) is 5.12. The third kappa shape index (κ3) is 5.60. The number of esters is 1. The molecule has 0 aromatic heterocycles. The van der Waals surface area contributed by atoms with Gasteiger partial charge >= 0.3 is 5.97 Å². The molecule has 0 bridgehead atoms. The summed E-state index contributed by atoms with van der Waals surface area (Å²) in [6, 6.07) is 0. The van der Waals surface area contributed by atoms with Crippen LogP contribution in [0, 0.1) is 5.92 Å². The highest BCUT2D eigenvalue weighted by molar-refractivity contribution is 5.97. The number of ether oxygens (including phenoxy) is 1. The molecule has 14 heavy (non-hydrogen) atoms. The van der Waals surface area contributed by atoms with Crippen LogP contribution in [0.25, 0.3) is 0 Å². The average Bonchev–Trinajstić information content (AvgIpc) is 2.60. The quantitative estimate of drug-likeness (QED) is 0.399. The summed E-state index contributed by atoms with van der Waals surface area (Å²) in [5.74, 6) is -0.217. The first-order valence-corrected chi connectivity index (χ1v) is 4.63. The second-order valence-corrected chi connectivity index (χ2v) is 4.50. The van der Waals surface area contributed by atoms with Gasteiger partial charge in [0.25, 0.3) is 0 Å². The Bertz CT molecular complexity index is 226. The van der Waals surface area contributed by atoms with Crippen molar-refractivity contribution in [3.8, 4) is 0 Å². The van der Waals surface area contributed by atoms with E-state index in [0.717, 1.165) is 12.8 Å². The molecule has 1 aliphatic rings. The Labute approximate surface area is 101 Å². The first kappa shape index (κ1) is 13.9. The summed E-state index contributed by atoms with van der Waals surface area (Å²) in [7, 11) is 0. The lowest BCUT2D eigenvalue weighted by Gasteiger charge is -2.19. The van der Waals surface area contributed by atoms with E-state index in [4.69, 9.17) is 4.74 Å². The highest BCUT2D eigenvalue weighted by Crippen LogP contribution is 2.31. The number of ketones is 1. The summed E-state index contributed by atoms with van der Waals surface area (Å²) in [5, 5.41) is 0. The zero-order valence-electron chi connectivity index (χ0n) is 9.13. The zero-order chi connectivity index (χ0) is 10.1. The molecule has 0 heterocycles. The normalized spacial score (nSPS) is 15.6. The van der Waals surface area contributed by atoms with Crippen LogP contribution >= 0.6 is 0 Å². The Kier molecular flexibility index (Phi) is 5.08. The highest BCUT2D eigenvalue weighted by atomic mass is 24.3. The Balaban J connectivity index is 0.00000169. The molecule has 0 unspecified atom stereocenters. The number of carbonyl (C=O) groups is 2. The van der Waals surface area contributed by atoms with Crippen LogP contribution in [0.5, 0.6) is 0 Å². The lowest BCUT2D eigenvalue weighted by Crippen LogP contribution is -2.25. The highest BCUT2D eigenvalue weighted by Gasteiger charge is 2.31.